The predicted octanol–water partition coefficient (Wildman–Crippen LogP) is 2.60. The van der Waals surface area contributed by atoms with Gasteiger partial charge in [0.2, 0.25) is 5.91 Å². The van der Waals surface area contributed by atoms with E-state index in [1.807, 2.05) is 42.2 Å². The van der Waals surface area contributed by atoms with E-state index in [9.17, 15) is 9.90 Å². The van der Waals surface area contributed by atoms with Crippen molar-refractivity contribution in [2.24, 2.45) is 10.9 Å². The van der Waals surface area contributed by atoms with Gasteiger partial charge in [-0.15, -0.1) is 24.0 Å². The lowest BCUT2D eigenvalue weighted by molar-refractivity contribution is -0.136. The number of hydrogen-bond donors (Lipinski definition) is 3. The molecule has 1 saturated heterocycles. The van der Waals surface area contributed by atoms with Crippen LogP contribution < -0.4 is 10.6 Å². The maximum Gasteiger partial charge on any atom is 0.232 e. The Morgan fingerprint density at radius 1 is 1.16 bits per heavy atom. The van der Waals surface area contributed by atoms with Gasteiger partial charge >= 0.3 is 0 Å². The van der Waals surface area contributed by atoms with Crippen LogP contribution in [0, 0.1) is 5.92 Å². The summed E-state index contributed by atoms with van der Waals surface area (Å²) in [5, 5.41) is 15.9. The van der Waals surface area contributed by atoms with Crippen molar-refractivity contribution < 1.29 is 14.6 Å². The van der Waals surface area contributed by atoms with Crippen LogP contribution in [0.25, 0.3) is 0 Å². The number of halogens is 1. The molecule has 7 nitrogen and oxygen atoms in total. The van der Waals surface area contributed by atoms with Gasteiger partial charge in [0, 0.05) is 39.3 Å². The molecule has 1 aromatic rings. The molecule has 0 spiro atoms. The Kier molecular flexibility index (Phi) is 14.5. The normalized spacial score (nSPS) is 16.2. The largest absolute Gasteiger partial charge is 0.396 e. The average molecular weight is 546 g/mol. The molecule has 1 amide bonds. The zero-order chi connectivity index (χ0) is 21.6. The molecular weight excluding hydrogens is 507 g/mol. The summed E-state index contributed by atoms with van der Waals surface area (Å²) in [6.45, 7) is 8.71. The van der Waals surface area contributed by atoms with E-state index in [1.165, 1.54) is 0 Å². The van der Waals surface area contributed by atoms with Gasteiger partial charge in [0.15, 0.2) is 5.96 Å². The van der Waals surface area contributed by atoms with Gasteiger partial charge in [0.1, 0.15) is 0 Å². The third kappa shape index (κ3) is 9.74. The number of rotatable bonds is 11. The summed E-state index contributed by atoms with van der Waals surface area (Å²) in [6.07, 6.45) is 2.89. The number of morpholine rings is 1. The molecule has 1 aliphatic heterocycles. The van der Waals surface area contributed by atoms with Gasteiger partial charge in [0.05, 0.1) is 19.1 Å². The smallest absolute Gasteiger partial charge is 0.232 e. The highest BCUT2D eigenvalue weighted by Crippen LogP contribution is 2.19. The highest BCUT2D eigenvalue weighted by Gasteiger charge is 2.27. The first kappa shape index (κ1) is 27.6. The minimum Gasteiger partial charge on any atom is -0.396 e. The van der Waals surface area contributed by atoms with Gasteiger partial charge in [-0.1, -0.05) is 43.7 Å². The number of aliphatic hydroxyl groups excluding tert-OH is 1. The fourth-order valence-electron chi connectivity index (χ4n) is 3.72. The van der Waals surface area contributed by atoms with Crippen molar-refractivity contribution in [3.8, 4) is 0 Å². The van der Waals surface area contributed by atoms with Gasteiger partial charge in [-0.25, -0.2) is 0 Å². The quantitative estimate of drug-likeness (QED) is 0.226. The minimum atomic E-state index is -0.281. The monoisotopic (exact) mass is 546 g/mol. The number of nitrogens with one attached hydrogen (secondary N) is 2. The lowest BCUT2D eigenvalue weighted by Gasteiger charge is -2.31. The number of guanidine groups is 1. The second kappa shape index (κ2) is 16.3. The Morgan fingerprint density at radius 2 is 1.87 bits per heavy atom. The van der Waals surface area contributed by atoms with Crippen molar-refractivity contribution in [3.63, 3.8) is 0 Å². The Morgan fingerprint density at radius 3 is 2.48 bits per heavy atom. The molecule has 0 bridgehead atoms. The SMILES string of the molecule is CCCC(CCO)CN=C(NCC)NCC(C(=O)N1CCOCC1)c1ccccc1.I. The van der Waals surface area contributed by atoms with Gasteiger partial charge < -0.3 is 25.4 Å². The number of nitrogens with zero attached hydrogens (tertiary/aromatic N) is 2. The molecule has 1 aliphatic rings. The van der Waals surface area contributed by atoms with E-state index in [2.05, 4.69) is 17.6 Å². The van der Waals surface area contributed by atoms with Crippen LogP contribution in [0.3, 0.4) is 0 Å². The fourth-order valence-corrected chi connectivity index (χ4v) is 3.72. The Hall–Kier alpha value is -1.39. The number of carbonyl (C=O) groups excluding carboxylic acids is 1. The van der Waals surface area contributed by atoms with Crippen LogP contribution in [-0.4, -0.2) is 74.4 Å². The molecule has 1 aromatic carbocycles. The van der Waals surface area contributed by atoms with Crippen LogP contribution in [0.5, 0.6) is 0 Å². The summed E-state index contributed by atoms with van der Waals surface area (Å²) in [4.78, 5) is 19.9. The molecule has 2 unspecified atom stereocenters. The summed E-state index contributed by atoms with van der Waals surface area (Å²) in [5.74, 6) is 0.927. The lowest BCUT2D eigenvalue weighted by atomic mass is 9.97. The molecule has 0 saturated carbocycles. The third-order valence-electron chi connectivity index (χ3n) is 5.38. The van der Waals surface area contributed by atoms with E-state index in [0.29, 0.717) is 51.3 Å². The fraction of sp³-hybridized carbons (Fsp3) is 0.652. The van der Waals surface area contributed by atoms with E-state index in [0.717, 1.165) is 31.4 Å². The van der Waals surface area contributed by atoms with E-state index >= 15 is 0 Å². The molecular formula is C23H39IN4O3. The number of carbonyl (C=O) groups is 1. The molecule has 2 rings (SSSR count). The van der Waals surface area contributed by atoms with Gasteiger partial charge in [-0.05, 0) is 31.2 Å². The second-order valence-corrected chi connectivity index (χ2v) is 7.67. The average Bonchev–Trinajstić information content (AvgIpc) is 2.78. The van der Waals surface area contributed by atoms with Crippen LogP contribution in [0.2, 0.25) is 0 Å². The van der Waals surface area contributed by atoms with Crippen molar-refractivity contribution >= 4 is 35.8 Å². The maximum atomic E-state index is 13.2. The zero-order valence-electron chi connectivity index (χ0n) is 18.9. The Labute approximate surface area is 204 Å². The summed E-state index contributed by atoms with van der Waals surface area (Å²) in [6, 6.07) is 9.92. The summed E-state index contributed by atoms with van der Waals surface area (Å²) in [7, 11) is 0. The summed E-state index contributed by atoms with van der Waals surface area (Å²) >= 11 is 0. The van der Waals surface area contributed by atoms with E-state index in [4.69, 9.17) is 9.73 Å². The number of benzene rings is 1. The molecule has 2 atom stereocenters. The summed E-state index contributed by atoms with van der Waals surface area (Å²) < 4.78 is 5.40. The standard InChI is InChI=1S/C23H38N4O3.HI/c1-3-8-19(11-14-28)17-25-23(24-4-2)26-18-21(20-9-6-5-7-10-20)22(29)27-12-15-30-16-13-27;/h5-7,9-10,19,21,28H,3-4,8,11-18H2,1-2H3,(H2,24,25,26);1H. The number of aliphatic imine (C=N–C) groups is 1. The van der Waals surface area contributed by atoms with Crippen molar-refractivity contribution in [2.75, 3.05) is 52.5 Å². The molecule has 3 N–H and O–H groups in total. The third-order valence-corrected chi connectivity index (χ3v) is 5.38. The minimum absolute atomic E-state index is 0. The first-order valence-electron chi connectivity index (χ1n) is 11.2. The topological polar surface area (TPSA) is 86.2 Å². The first-order chi connectivity index (χ1) is 14.7. The van der Waals surface area contributed by atoms with Gasteiger partial charge in [-0.2, -0.15) is 0 Å². The Bertz CT molecular complexity index is 633. The van der Waals surface area contributed by atoms with Crippen LogP contribution in [0.4, 0.5) is 0 Å². The van der Waals surface area contributed by atoms with Crippen LogP contribution in [-0.2, 0) is 9.53 Å². The summed E-state index contributed by atoms with van der Waals surface area (Å²) in [5.41, 5.74) is 1.00. The van der Waals surface area contributed by atoms with E-state index in [1.54, 1.807) is 0 Å². The van der Waals surface area contributed by atoms with Gasteiger partial charge in [0.25, 0.3) is 0 Å². The molecule has 8 heteroatoms. The van der Waals surface area contributed by atoms with Gasteiger partial charge in [-0.3, -0.25) is 9.79 Å². The van der Waals surface area contributed by atoms with Crippen LogP contribution in [0.15, 0.2) is 35.3 Å². The van der Waals surface area contributed by atoms with Crippen molar-refractivity contribution in [1.82, 2.24) is 15.5 Å². The predicted molar refractivity (Wildman–Crippen MR) is 136 cm³/mol. The number of hydrogen-bond acceptors (Lipinski definition) is 4. The molecule has 1 fully saturated rings. The number of amides is 1. The van der Waals surface area contributed by atoms with Crippen molar-refractivity contribution in [3.05, 3.63) is 35.9 Å². The lowest BCUT2D eigenvalue weighted by Crippen LogP contribution is -2.47. The number of aliphatic hydroxyl groups is 1. The van der Waals surface area contributed by atoms with Crippen LogP contribution >= 0.6 is 24.0 Å². The second-order valence-electron chi connectivity index (χ2n) is 7.67. The molecule has 0 aliphatic carbocycles. The van der Waals surface area contributed by atoms with Crippen LogP contribution in [0.1, 0.15) is 44.6 Å². The highest BCUT2D eigenvalue weighted by molar-refractivity contribution is 14.0. The van der Waals surface area contributed by atoms with Crippen molar-refractivity contribution in [2.45, 2.75) is 39.0 Å². The molecule has 31 heavy (non-hydrogen) atoms. The zero-order valence-corrected chi connectivity index (χ0v) is 21.2. The van der Waals surface area contributed by atoms with E-state index < -0.39 is 0 Å². The van der Waals surface area contributed by atoms with Crippen molar-refractivity contribution in [1.29, 1.82) is 0 Å². The van der Waals surface area contributed by atoms with E-state index in [-0.39, 0.29) is 42.4 Å². The highest BCUT2D eigenvalue weighted by atomic mass is 127. The molecule has 1 heterocycles. The molecule has 0 radical (unpaired) electrons. The molecule has 176 valence electrons. The number of ether oxygens (including phenoxy) is 1. The first-order valence-corrected chi connectivity index (χ1v) is 11.2. The Balaban J connectivity index is 0.00000480. The molecule has 0 aromatic heterocycles. The maximum absolute atomic E-state index is 13.2.